The van der Waals surface area contributed by atoms with Crippen molar-refractivity contribution in [2.75, 3.05) is 19.5 Å². The second kappa shape index (κ2) is 11.0. The largest absolute Gasteiger partial charge is 0.493 e. The molecule has 0 bridgehead atoms. The quantitative estimate of drug-likeness (QED) is 0.245. The van der Waals surface area contributed by atoms with Crippen LogP contribution in [0.25, 0.3) is 5.69 Å². The molecule has 0 unspecified atom stereocenters. The number of nitrogens with one attached hydrogen (secondary N) is 1. The van der Waals surface area contributed by atoms with Crippen LogP contribution in [0.5, 0.6) is 11.5 Å². The van der Waals surface area contributed by atoms with Crippen molar-refractivity contribution in [3.63, 3.8) is 0 Å². The van der Waals surface area contributed by atoms with Crippen molar-refractivity contribution in [1.82, 2.24) is 9.55 Å². The van der Waals surface area contributed by atoms with Crippen LogP contribution in [-0.2, 0) is 12.3 Å². The highest BCUT2D eigenvalue weighted by molar-refractivity contribution is 7.98. The van der Waals surface area contributed by atoms with Crippen molar-refractivity contribution in [2.24, 2.45) is 0 Å². The Balaban J connectivity index is 1.64. The summed E-state index contributed by atoms with van der Waals surface area (Å²) in [5.74, 6) is -0.0222. The first kappa shape index (κ1) is 24.8. The molecular formula is C25H21ClF3N3O2S. The maximum Gasteiger partial charge on any atom is 0.174 e. The van der Waals surface area contributed by atoms with Crippen LogP contribution in [0.1, 0.15) is 11.1 Å². The fourth-order valence-electron chi connectivity index (χ4n) is 3.43. The summed E-state index contributed by atoms with van der Waals surface area (Å²) in [6, 6.07) is 13.5. The fraction of sp³-hybridized carbons (Fsp3) is 0.160. The molecule has 0 saturated carbocycles. The minimum absolute atomic E-state index is 0.0135. The predicted molar refractivity (Wildman–Crippen MR) is 131 cm³/mol. The van der Waals surface area contributed by atoms with Crippen molar-refractivity contribution in [3.05, 3.63) is 94.4 Å². The van der Waals surface area contributed by atoms with Crippen LogP contribution in [0.2, 0.25) is 5.02 Å². The van der Waals surface area contributed by atoms with Crippen LogP contribution in [0.15, 0.2) is 66.0 Å². The van der Waals surface area contributed by atoms with Gasteiger partial charge in [0.1, 0.15) is 23.3 Å². The summed E-state index contributed by atoms with van der Waals surface area (Å²) in [6.07, 6.45) is 1.60. The summed E-state index contributed by atoms with van der Waals surface area (Å²) >= 11 is 7.17. The van der Waals surface area contributed by atoms with Crippen LogP contribution < -0.4 is 14.8 Å². The van der Waals surface area contributed by atoms with E-state index in [1.165, 1.54) is 30.3 Å². The number of hydrogen-bond acceptors (Lipinski definition) is 5. The predicted octanol–water partition coefficient (Wildman–Crippen LogP) is 6.86. The van der Waals surface area contributed by atoms with Gasteiger partial charge in [0.05, 0.1) is 31.1 Å². The summed E-state index contributed by atoms with van der Waals surface area (Å²) in [5.41, 5.74) is 1.40. The Hall–Kier alpha value is -3.30. The zero-order valence-electron chi connectivity index (χ0n) is 18.8. The first-order valence-electron chi connectivity index (χ1n) is 10.4. The van der Waals surface area contributed by atoms with Crippen molar-refractivity contribution >= 4 is 29.2 Å². The monoisotopic (exact) mass is 519 g/mol. The molecule has 0 fully saturated rings. The average Bonchev–Trinajstić information content (AvgIpc) is 3.26. The van der Waals surface area contributed by atoms with Gasteiger partial charge in [0.15, 0.2) is 16.7 Å². The van der Waals surface area contributed by atoms with Gasteiger partial charge in [-0.05, 0) is 48.0 Å². The summed E-state index contributed by atoms with van der Waals surface area (Å²) < 4.78 is 54.4. The van der Waals surface area contributed by atoms with Gasteiger partial charge in [-0.25, -0.2) is 18.2 Å². The molecule has 0 atom stereocenters. The molecule has 3 aromatic carbocycles. The normalized spacial score (nSPS) is 10.9. The number of anilines is 1. The Morgan fingerprint density at radius 3 is 2.37 bits per heavy atom. The standard InChI is InChI=1S/C25H21ClF3N3O2S/c1-33-22-9-6-15(10-23(22)34-2)12-30-24-13-31-25(32(24)16-7-8-21(29)18(26)11-16)35-14-17-19(27)4-3-5-20(17)28/h3-11,13,30H,12,14H2,1-2H3. The smallest absolute Gasteiger partial charge is 0.174 e. The van der Waals surface area contributed by atoms with Crippen molar-refractivity contribution < 1.29 is 22.6 Å². The fourth-order valence-corrected chi connectivity index (χ4v) is 4.61. The molecule has 0 aliphatic heterocycles. The van der Waals surface area contributed by atoms with Gasteiger partial charge in [0.25, 0.3) is 0 Å². The van der Waals surface area contributed by atoms with Crippen LogP contribution in [-0.4, -0.2) is 23.8 Å². The van der Waals surface area contributed by atoms with Gasteiger partial charge in [-0.3, -0.25) is 4.57 Å². The number of benzene rings is 3. The molecule has 4 aromatic rings. The van der Waals surface area contributed by atoms with Crippen molar-refractivity contribution in [3.8, 4) is 17.2 Å². The van der Waals surface area contributed by atoms with E-state index in [0.29, 0.717) is 34.7 Å². The highest BCUT2D eigenvalue weighted by Gasteiger charge is 2.17. The third-order valence-electron chi connectivity index (χ3n) is 5.22. The lowest BCUT2D eigenvalue weighted by molar-refractivity contribution is 0.354. The lowest BCUT2D eigenvalue weighted by atomic mass is 10.2. The molecular weight excluding hydrogens is 499 g/mol. The minimum atomic E-state index is -0.632. The first-order valence-corrected chi connectivity index (χ1v) is 11.8. The maximum absolute atomic E-state index is 14.1. The molecule has 10 heteroatoms. The number of aromatic nitrogens is 2. The van der Waals surface area contributed by atoms with Crippen LogP contribution in [0.3, 0.4) is 0 Å². The molecule has 0 spiro atoms. The lowest BCUT2D eigenvalue weighted by Crippen LogP contribution is -2.07. The summed E-state index contributed by atoms with van der Waals surface area (Å²) in [4.78, 5) is 4.43. The Kier molecular flexibility index (Phi) is 7.77. The third-order valence-corrected chi connectivity index (χ3v) is 6.49. The SMILES string of the molecule is COc1ccc(CNc2cnc(SCc3c(F)cccc3F)n2-c2ccc(F)c(Cl)c2)cc1OC. The molecule has 1 aromatic heterocycles. The van der Waals surface area contributed by atoms with E-state index in [0.717, 1.165) is 17.3 Å². The molecule has 35 heavy (non-hydrogen) atoms. The van der Waals surface area contributed by atoms with E-state index in [1.54, 1.807) is 37.1 Å². The highest BCUT2D eigenvalue weighted by Crippen LogP contribution is 2.32. The highest BCUT2D eigenvalue weighted by atomic mass is 35.5. The Morgan fingerprint density at radius 2 is 1.69 bits per heavy atom. The second-order valence-corrected chi connectivity index (χ2v) is 8.74. The molecule has 182 valence electrons. The van der Waals surface area contributed by atoms with E-state index < -0.39 is 17.5 Å². The van der Waals surface area contributed by atoms with E-state index in [-0.39, 0.29) is 16.3 Å². The third kappa shape index (κ3) is 5.52. The maximum atomic E-state index is 14.1. The molecule has 1 heterocycles. The Bertz CT molecular complexity index is 1330. The Labute approximate surface area is 209 Å². The van der Waals surface area contributed by atoms with Crippen molar-refractivity contribution in [2.45, 2.75) is 17.5 Å². The summed E-state index contributed by atoms with van der Waals surface area (Å²) in [5, 5.41) is 3.69. The molecule has 1 N–H and O–H groups in total. The number of rotatable bonds is 9. The molecule has 5 nitrogen and oxygen atoms in total. The number of methoxy groups -OCH3 is 2. The second-order valence-electron chi connectivity index (χ2n) is 7.39. The Morgan fingerprint density at radius 1 is 0.943 bits per heavy atom. The van der Waals surface area contributed by atoms with Gasteiger partial charge >= 0.3 is 0 Å². The summed E-state index contributed by atoms with van der Waals surface area (Å²) in [7, 11) is 3.12. The van der Waals surface area contributed by atoms with Gasteiger partial charge in [0.2, 0.25) is 0 Å². The molecule has 0 aliphatic rings. The lowest BCUT2D eigenvalue weighted by Gasteiger charge is -2.15. The van der Waals surface area contributed by atoms with Crippen molar-refractivity contribution in [1.29, 1.82) is 0 Å². The molecule has 0 aliphatic carbocycles. The molecule has 4 rings (SSSR count). The first-order chi connectivity index (χ1) is 16.9. The van der Waals surface area contributed by atoms with Gasteiger partial charge in [-0.2, -0.15) is 0 Å². The van der Waals surface area contributed by atoms with Gasteiger partial charge in [0, 0.05) is 17.9 Å². The van der Waals surface area contributed by atoms with E-state index >= 15 is 0 Å². The molecule has 0 radical (unpaired) electrons. The number of ether oxygens (including phenoxy) is 2. The number of hydrogen-bond donors (Lipinski definition) is 1. The molecule has 0 saturated heterocycles. The zero-order valence-corrected chi connectivity index (χ0v) is 20.4. The van der Waals surface area contributed by atoms with E-state index in [2.05, 4.69) is 10.3 Å². The average molecular weight is 520 g/mol. The number of nitrogens with zero attached hydrogens (tertiary/aromatic N) is 2. The number of thioether (sulfide) groups is 1. The van der Waals surface area contributed by atoms with Gasteiger partial charge in [-0.1, -0.05) is 35.5 Å². The van der Waals surface area contributed by atoms with Gasteiger partial charge in [-0.15, -0.1) is 0 Å². The van der Waals surface area contributed by atoms with E-state index in [4.69, 9.17) is 21.1 Å². The van der Waals surface area contributed by atoms with Crippen LogP contribution in [0, 0.1) is 17.5 Å². The minimum Gasteiger partial charge on any atom is -0.493 e. The van der Waals surface area contributed by atoms with E-state index in [1.807, 2.05) is 12.1 Å². The summed E-state index contributed by atoms with van der Waals surface area (Å²) in [6.45, 7) is 0.410. The topological polar surface area (TPSA) is 48.3 Å². The van der Waals surface area contributed by atoms with Crippen LogP contribution in [0.4, 0.5) is 19.0 Å². The van der Waals surface area contributed by atoms with Gasteiger partial charge < -0.3 is 14.8 Å². The molecule has 0 amide bonds. The van der Waals surface area contributed by atoms with Crippen LogP contribution >= 0.6 is 23.4 Å². The number of imidazole rings is 1. The zero-order chi connectivity index (χ0) is 24.9. The number of halogens is 4. The van der Waals surface area contributed by atoms with E-state index in [9.17, 15) is 13.2 Å².